The highest BCUT2D eigenvalue weighted by Crippen LogP contribution is 2.26. The molecule has 0 radical (unpaired) electrons. The number of fused-ring (bicyclic) bond motifs is 1. The maximum absolute atomic E-state index is 8.58. The van der Waals surface area contributed by atoms with E-state index < -0.39 is 0 Å². The molecule has 0 aromatic heterocycles. The third-order valence-electron chi connectivity index (χ3n) is 2.37. The van der Waals surface area contributed by atoms with E-state index in [1.54, 1.807) is 0 Å². The quantitative estimate of drug-likeness (QED) is 0.780. The summed E-state index contributed by atoms with van der Waals surface area (Å²) in [6.45, 7) is 12.6. The molecule has 18 heavy (non-hydrogen) atoms. The van der Waals surface area contributed by atoms with Crippen LogP contribution in [0.25, 0.3) is 0 Å². The number of benzene rings is 1. The van der Waals surface area contributed by atoms with E-state index in [1.165, 1.54) is 24.2 Å². The van der Waals surface area contributed by atoms with Crippen molar-refractivity contribution in [1.29, 1.82) is 0 Å². The molecule has 1 aromatic rings. The van der Waals surface area contributed by atoms with Crippen molar-refractivity contribution in [3.63, 3.8) is 0 Å². The van der Waals surface area contributed by atoms with E-state index in [9.17, 15) is 0 Å². The highest BCUT2D eigenvalue weighted by Gasteiger charge is 2.15. The maximum atomic E-state index is 8.58. The molecule has 3 heteroatoms. The lowest BCUT2D eigenvalue weighted by atomic mass is 10.2. The summed E-state index contributed by atoms with van der Waals surface area (Å²) in [6.07, 6.45) is 1.48. The summed E-state index contributed by atoms with van der Waals surface area (Å²) in [6, 6.07) is 8.68. The number of carbonyl (C=O) groups is 1. The summed E-state index contributed by atoms with van der Waals surface area (Å²) in [4.78, 5) is 11.0. The SMILES string of the molecule is CC.CC.CCN1CCc2ccccc21.NC=O. The molecule has 0 aliphatic carbocycles. The van der Waals surface area contributed by atoms with Gasteiger partial charge in [-0.15, -0.1) is 0 Å². The number of nitrogens with two attached hydrogens (primary N) is 1. The number of hydrogen-bond donors (Lipinski definition) is 1. The van der Waals surface area contributed by atoms with Crippen LogP contribution in [0.5, 0.6) is 0 Å². The summed E-state index contributed by atoms with van der Waals surface area (Å²) in [5, 5.41) is 0. The van der Waals surface area contributed by atoms with Gasteiger partial charge < -0.3 is 10.6 Å². The zero-order chi connectivity index (χ0) is 14.4. The Labute approximate surface area is 112 Å². The Morgan fingerprint density at radius 1 is 1.22 bits per heavy atom. The molecular weight excluding hydrogens is 224 g/mol. The second-order valence-electron chi connectivity index (χ2n) is 3.09. The Morgan fingerprint density at radius 3 is 2.22 bits per heavy atom. The molecule has 0 unspecified atom stereocenters. The van der Waals surface area contributed by atoms with Crippen molar-refractivity contribution >= 4 is 12.1 Å². The normalized spacial score (nSPS) is 10.6. The molecule has 104 valence electrons. The Kier molecular flexibility index (Phi) is 14.2. The van der Waals surface area contributed by atoms with Gasteiger partial charge in [0.1, 0.15) is 0 Å². The molecule has 3 nitrogen and oxygen atoms in total. The second kappa shape index (κ2) is 13.6. The van der Waals surface area contributed by atoms with Gasteiger partial charge in [0.15, 0.2) is 0 Å². The van der Waals surface area contributed by atoms with Gasteiger partial charge in [-0.1, -0.05) is 45.9 Å². The molecule has 2 rings (SSSR count). The van der Waals surface area contributed by atoms with Crippen molar-refractivity contribution in [2.75, 3.05) is 18.0 Å². The number of hydrogen-bond acceptors (Lipinski definition) is 2. The maximum Gasteiger partial charge on any atom is 0.204 e. The van der Waals surface area contributed by atoms with E-state index in [1.807, 2.05) is 27.7 Å². The van der Waals surface area contributed by atoms with E-state index in [-0.39, 0.29) is 6.41 Å². The average molecular weight is 252 g/mol. The number of nitrogens with zero attached hydrogens (tertiary/aromatic N) is 1. The molecule has 1 aliphatic heterocycles. The molecule has 1 aromatic carbocycles. The van der Waals surface area contributed by atoms with Gasteiger partial charge in [0.05, 0.1) is 0 Å². The van der Waals surface area contributed by atoms with Crippen LogP contribution in [0.15, 0.2) is 24.3 Å². The van der Waals surface area contributed by atoms with Crippen LogP contribution in [-0.2, 0) is 11.2 Å². The largest absolute Gasteiger partial charge is 0.372 e. The summed E-state index contributed by atoms with van der Waals surface area (Å²) in [5.74, 6) is 0. The smallest absolute Gasteiger partial charge is 0.204 e. The van der Waals surface area contributed by atoms with Crippen LogP contribution >= 0.6 is 0 Å². The van der Waals surface area contributed by atoms with Crippen molar-refractivity contribution < 1.29 is 4.79 Å². The van der Waals surface area contributed by atoms with Crippen molar-refractivity contribution in [3.05, 3.63) is 29.8 Å². The molecule has 0 fully saturated rings. The summed E-state index contributed by atoms with van der Waals surface area (Å²) in [7, 11) is 0. The average Bonchev–Trinajstić information content (AvgIpc) is 2.87. The predicted octanol–water partition coefficient (Wildman–Crippen LogP) is 3.22. The number of amides is 1. The standard InChI is InChI=1S/C10H13N.2C2H6.CH3NO/c1-2-11-8-7-9-5-3-4-6-10(9)11;2*1-2;2-1-3/h3-6H,2,7-8H2,1H3;2*1-2H3;1H,(H2,2,3). The minimum absolute atomic E-state index is 0.250. The van der Waals surface area contributed by atoms with Crippen molar-refractivity contribution in [2.24, 2.45) is 5.73 Å². The zero-order valence-electron chi connectivity index (χ0n) is 12.4. The van der Waals surface area contributed by atoms with Gasteiger partial charge in [-0.05, 0) is 25.0 Å². The summed E-state index contributed by atoms with van der Waals surface area (Å²) >= 11 is 0. The molecule has 0 bridgehead atoms. The van der Waals surface area contributed by atoms with Gasteiger partial charge in [0, 0.05) is 18.8 Å². The number of para-hydroxylation sites is 1. The van der Waals surface area contributed by atoms with Crippen molar-refractivity contribution in [2.45, 2.75) is 41.0 Å². The van der Waals surface area contributed by atoms with E-state index >= 15 is 0 Å². The van der Waals surface area contributed by atoms with Gasteiger partial charge in [0.2, 0.25) is 6.41 Å². The lowest BCUT2D eigenvalue weighted by Crippen LogP contribution is -2.18. The number of anilines is 1. The number of likely N-dealkylation sites (N-methyl/N-ethyl adjacent to an activating group) is 1. The van der Waals surface area contributed by atoms with Gasteiger partial charge >= 0.3 is 0 Å². The van der Waals surface area contributed by atoms with E-state index in [0.29, 0.717) is 0 Å². The highest BCUT2D eigenvalue weighted by molar-refractivity contribution is 5.57. The lowest BCUT2D eigenvalue weighted by molar-refractivity contribution is -0.106. The van der Waals surface area contributed by atoms with Crippen LogP contribution in [0.2, 0.25) is 0 Å². The second-order valence-corrected chi connectivity index (χ2v) is 3.09. The molecule has 0 saturated carbocycles. The molecule has 1 heterocycles. The monoisotopic (exact) mass is 252 g/mol. The van der Waals surface area contributed by atoms with Crippen LogP contribution in [0.3, 0.4) is 0 Å². The highest BCUT2D eigenvalue weighted by atomic mass is 16.1. The first-order valence-corrected chi connectivity index (χ1v) is 6.81. The Bertz CT molecular complexity index is 300. The van der Waals surface area contributed by atoms with E-state index in [2.05, 4.69) is 41.8 Å². The molecule has 2 N–H and O–H groups in total. The molecular formula is C15H28N2O. The van der Waals surface area contributed by atoms with Gasteiger partial charge in [-0.3, -0.25) is 4.79 Å². The first-order chi connectivity index (χ1) is 8.83. The number of primary amides is 1. The number of carbonyl (C=O) groups excluding carboxylic acids is 1. The number of rotatable bonds is 1. The van der Waals surface area contributed by atoms with E-state index in [0.717, 1.165) is 6.54 Å². The van der Waals surface area contributed by atoms with Crippen LogP contribution in [0.4, 0.5) is 5.69 Å². The molecule has 0 saturated heterocycles. The van der Waals surface area contributed by atoms with Gasteiger partial charge in [-0.25, -0.2) is 0 Å². The molecule has 1 aliphatic rings. The first kappa shape index (κ1) is 18.8. The zero-order valence-corrected chi connectivity index (χ0v) is 12.4. The Hall–Kier alpha value is -1.51. The van der Waals surface area contributed by atoms with Gasteiger partial charge in [0.25, 0.3) is 0 Å². The third-order valence-corrected chi connectivity index (χ3v) is 2.37. The van der Waals surface area contributed by atoms with Gasteiger partial charge in [-0.2, -0.15) is 0 Å². The third kappa shape index (κ3) is 6.28. The molecule has 1 amide bonds. The minimum Gasteiger partial charge on any atom is -0.372 e. The Balaban J connectivity index is 0. The lowest BCUT2D eigenvalue weighted by Gasteiger charge is -2.15. The molecule has 0 spiro atoms. The topological polar surface area (TPSA) is 46.3 Å². The fraction of sp³-hybridized carbons (Fsp3) is 0.533. The predicted molar refractivity (Wildman–Crippen MR) is 81.0 cm³/mol. The minimum atomic E-state index is 0.250. The van der Waals surface area contributed by atoms with E-state index in [4.69, 9.17) is 4.79 Å². The summed E-state index contributed by atoms with van der Waals surface area (Å²) in [5.41, 5.74) is 7.12. The Morgan fingerprint density at radius 2 is 1.72 bits per heavy atom. The fourth-order valence-corrected chi connectivity index (χ4v) is 1.74. The first-order valence-electron chi connectivity index (χ1n) is 6.81. The molecule has 0 atom stereocenters. The summed E-state index contributed by atoms with van der Waals surface area (Å²) < 4.78 is 0. The van der Waals surface area contributed by atoms with Crippen LogP contribution < -0.4 is 10.6 Å². The van der Waals surface area contributed by atoms with Crippen LogP contribution in [0, 0.1) is 0 Å². The van der Waals surface area contributed by atoms with Crippen LogP contribution in [0.1, 0.15) is 40.2 Å². The fourth-order valence-electron chi connectivity index (χ4n) is 1.74. The van der Waals surface area contributed by atoms with Crippen molar-refractivity contribution in [1.82, 2.24) is 0 Å². The van der Waals surface area contributed by atoms with Crippen molar-refractivity contribution in [3.8, 4) is 0 Å². The van der Waals surface area contributed by atoms with Crippen LogP contribution in [-0.4, -0.2) is 19.5 Å².